The number of fused-ring (bicyclic) bond motifs is 1. The number of thiophene rings is 1. The lowest BCUT2D eigenvalue weighted by Gasteiger charge is -2.18. The fourth-order valence-corrected chi connectivity index (χ4v) is 5.76. The molecule has 1 aliphatic carbocycles. The van der Waals surface area contributed by atoms with Gasteiger partial charge in [-0.05, 0) is 85.7 Å². The third-order valence-electron chi connectivity index (χ3n) is 6.52. The molecule has 11 nitrogen and oxygen atoms in total. The van der Waals surface area contributed by atoms with Crippen LogP contribution >= 0.6 is 11.3 Å². The molecule has 1 unspecified atom stereocenters. The van der Waals surface area contributed by atoms with E-state index in [0.29, 0.717) is 39.8 Å². The number of hydrogen-bond donors (Lipinski definition) is 2. The maximum Gasteiger partial charge on any atom is 0.343 e. The normalized spacial score (nSPS) is 14.0. The summed E-state index contributed by atoms with van der Waals surface area (Å²) in [6, 6.07) is 11.1. The Morgan fingerprint density at radius 2 is 1.76 bits per heavy atom. The topological polar surface area (TPSA) is 142 Å². The van der Waals surface area contributed by atoms with Crippen molar-refractivity contribution in [3.8, 4) is 17.2 Å². The zero-order valence-electron chi connectivity index (χ0n) is 23.6. The van der Waals surface area contributed by atoms with Gasteiger partial charge in [-0.2, -0.15) is 5.10 Å². The lowest BCUT2D eigenvalue weighted by Crippen LogP contribution is -2.32. The maximum atomic E-state index is 12.7. The molecule has 4 rings (SSSR count). The number of methoxy groups -OCH3 is 2. The second-order valence-corrected chi connectivity index (χ2v) is 10.6. The Bertz CT molecular complexity index is 1510. The van der Waals surface area contributed by atoms with Crippen molar-refractivity contribution in [3.63, 3.8) is 0 Å². The Labute approximate surface area is 246 Å². The van der Waals surface area contributed by atoms with Crippen LogP contribution in [0.3, 0.4) is 0 Å². The van der Waals surface area contributed by atoms with Gasteiger partial charge in [-0.15, -0.1) is 11.3 Å². The second kappa shape index (κ2) is 13.8. The van der Waals surface area contributed by atoms with E-state index < -0.39 is 23.8 Å². The number of amides is 2. The van der Waals surface area contributed by atoms with E-state index in [2.05, 4.69) is 22.8 Å². The molecule has 1 aromatic heterocycles. The third-order valence-corrected chi connectivity index (χ3v) is 7.69. The minimum Gasteiger partial charge on any atom is -0.497 e. The Morgan fingerprint density at radius 3 is 2.45 bits per heavy atom. The van der Waals surface area contributed by atoms with Gasteiger partial charge in [0.1, 0.15) is 10.8 Å². The minimum absolute atomic E-state index is 0.185. The average Bonchev–Trinajstić information content (AvgIpc) is 3.34. The van der Waals surface area contributed by atoms with Gasteiger partial charge in [0, 0.05) is 4.88 Å². The van der Waals surface area contributed by atoms with Crippen LogP contribution in [0.5, 0.6) is 17.2 Å². The molecular formula is C30H31N3O8S. The molecule has 1 heterocycles. The van der Waals surface area contributed by atoms with Gasteiger partial charge in [0.25, 0.3) is 0 Å². The van der Waals surface area contributed by atoms with Crippen molar-refractivity contribution in [1.82, 2.24) is 5.43 Å². The number of nitrogens with one attached hydrogen (secondary N) is 2. The van der Waals surface area contributed by atoms with Gasteiger partial charge in [0.05, 0.1) is 38.2 Å². The molecule has 0 saturated carbocycles. The van der Waals surface area contributed by atoms with Gasteiger partial charge in [-0.1, -0.05) is 6.92 Å². The van der Waals surface area contributed by atoms with E-state index in [9.17, 15) is 19.2 Å². The molecule has 0 aliphatic heterocycles. The van der Waals surface area contributed by atoms with E-state index in [1.54, 1.807) is 43.3 Å². The van der Waals surface area contributed by atoms with Crippen LogP contribution in [0.25, 0.3) is 0 Å². The highest BCUT2D eigenvalue weighted by Crippen LogP contribution is 2.40. The van der Waals surface area contributed by atoms with Crippen molar-refractivity contribution in [2.24, 2.45) is 11.0 Å². The summed E-state index contributed by atoms with van der Waals surface area (Å²) in [4.78, 5) is 51.3. The fraction of sp³-hybridized carbons (Fsp3) is 0.300. The summed E-state index contributed by atoms with van der Waals surface area (Å²) in [6.07, 6.45) is 3.73. The number of benzene rings is 2. The van der Waals surface area contributed by atoms with Gasteiger partial charge >= 0.3 is 23.8 Å². The maximum absolute atomic E-state index is 12.7. The van der Waals surface area contributed by atoms with Crippen molar-refractivity contribution in [2.75, 3.05) is 26.1 Å². The average molecular weight is 594 g/mol. The smallest absolute Gasteiger partial charge is 0.343 e. The molecule has 42 heavy (non-hydrogen) atoms. The molecule has 2 aromatic carbocycles. The summed E-state index contributed by atoms with van der Waals surface area (Å²) >= 11 is 1.29. The van der Waals surface area contributed by atoms with Crippen LogP contribution in [-0.2, 0) is 27.2 Å². The Balaban J connectivity index is 1.39. The molecule has 2 amide bonds. The number of hydrazone groups is 1. The first-order chi connectivity index (χ1) is 20.2. The number of nitrogens with zero attached hydrogens (tertiary/aromatic N) is 1. The molecule has 220 valence electrons. The van der Waals surface area contributed by atoms with Gasteiger partial charge in [0.15, 0.2) is 11.5 Å². The Morgan fingerprint density at radius 1 is 1.00 bits per heavy atom. The predicted molar refractivity (Wildman–Crippen MR) is 157 cm³/mol. The number of carbonyl (C=O) groups excluding carboxylic acids is 4. The number of anilines is 1. The summed E-state index contributed by atoms with van der Waals surface area (Å²) in [7, 11) is 2.95. The van der Waals surface area contributed by atoms with Crippen LogP contribution in [0.4, 0.5) is 5.00 Å². The third kappa shape index (κ3) is 7.13. The lowest BCUT2D eigenvalue weighted by atomic mass is 9.88. The first kappa shape index (κ1) is 30.3. The van der Waals surface area contributed by atoms with Crippen LogP contribution in [0.15, 0.2) is 47.6 Å². The van der Waals surface area contributed by atoms with E-state index in [-0.39, 0.29) is 18.1 Å². The van der Waals surface area contributed by atoms with Crippen LogP contribution in [0, 0.1) is 5.92 Å². The van der Waals surface area contributed by atoms with Crippen molar-refractivity contribution in [1.29, 1.82) is 0 Å². The van der Waals surface area contributed by atoms with Crippen LogP contribution < -0.4 is 25.0 Å². The highest BCUT2D eigenvalue weighted by atomic mass is 32.1. The zero-order valence-corrected chi connectivity index (χ0v) is 24.5. The molecule has 12 heteroatoms. The van der Waals surface area contributed by atoms with Gasteiger partial charge in [0.2, 0.25) is 0 Å². The molecule has 2 N–H and O–H groups in total. The molecule has 0 fully saturated rings. The summed E-state index contributed by atoms with van der Waals surface area (Å²) in [5, 5.41) is 6.69. The SMILES string of the molecule is CCOC(=O)c1c(NC(=O)C(=O)N/N=C/c2ccc(OC(=O)c3ccc(OC)cc3)c(OC)c2)sc2c1CCC(C)C2. The lowest BCUT2D eigenvalue weighted by molar-refractivity contribution is -0.136. The van der Waals surface area contributed by atoms with Crippen LogP contribution in [-0.4, -0.2) is 50.8 Å². The zero-order chi connectivity index (χ0) is 30.2. The highest BCUT2D eigenvalue weighted by Gasteiger charge is 2.30. The van der Waals surface area contributed by atoms with Gasteiger partial charge in [-0.3, -0.25) is 9.59 Å². The number of ether oxygens (including phenoxy) is 4. The number of esters is 2. The number of carbonyl (C=O) groups is 4. The molecule has 0 radical (unpaired) electrons. The summed E-state index contributed by atoms with van der Waals surface area (Å²) in [5.41, 5.74) is 4.20. The van der Waals surface area contributed by atoms with Crippen LogP contribution in [0.1, 0.15) is 57.0 Å². The Kier molecular flexibility index (Phi) is 9.92. The van der Waals surface area contributed by atoms with E-state index in [1.807, 2.05) is 0 Å². The molecule has 0 spiro atoms. The molecular weight excluding hydrogens is 562 g/mol. The van der Waals surface area contributed by atoms with E-state index >= 15 is 0 Å². The van der Waals surface area contributed by atoms with Gasteiger partial charge < -0.3 is 24.3 Å². The van der Waals surface area contributed by atoms with E-state index in [1.165, 1.54) is 37.8 Å². The molecule has 0 saturated heterocycles. The summed E-state index contributed by atoms with van der Waals surface area (Å²) < 4.78 is 21.1. The first-order valence-corrected chi connectivity index (χ1v) is 14.1. The molecule has 0 bridgehead atoms. The van der Waals surface area contributed by atoms with E-state index in [0.717, 1.165) is 23.3 Å². The molecule has 1 atom stereocenters. The Hall–Kier alpha value is -4.71. The minimum atomic E-state index is -1.02. The van der Waals surface area contributed by atoms with Crippen molar-refractivity contribution < 1.29 is 38.1 Å². The summed E-state index contributed by atoms with van der Waals surface area (Å²) in [6.45, 7) is 4.04. The molecule has 3 aromatic rings. The van der Waals surface area contributed by atoms with Crippen LogP contribution in [0.2, 0.25) is 0 Å². The van der Waals surface area contributed by atoms with E-state index in [4.69, 9.17) is 18.9 Å². The molecule has 1 aliphatic rings. The van der Waals surface area contributed by atoms with Crippen molar-refractivity contribution >= 4 is 46.3 Å². The monoisotopic (exact) mass is 593 g/mol. The quantitative estimate of drug-likeness (QED) is 0.122. The second-order valence-electron chi connectivity index (χ2n) is 9.46. The summed E-state index contributed by atoms with van der Waals surface area (Å²) in [5.74, 6) is -1.58. The van der Waals surface area contributed by atoms with Crippen molar-refractivity contribution in [3.05, 3.63) is 69.6 Å². The number of hydrogen-bond acceptors (Lipinski definition) is 10. The highest BCUT2D eigenvalue weighted by molar-refractivity contribution is 7.17. The number of rotatable bonds is 9. The fourth-order valence-electron chi connectivity index (χ4n) is 4.37. The van der Waals surface area contributed by atoms with Crippen molar-refractivity contribution in [2.45, 2.75) is 33.1 Å². The predicted octanol–water partition coefficient (Wildman–Crippen LogP) is 4.37. The van der Waals surface area contributed by atoms with Gasteiger partial charge in [-0.25, -0.2) is 15.0 Å². The first-order valence-electron chi connectivity index (χ1n) is 13.2. The largest absolute Gasteiger partial charge is 0.497 e. The standard InChI is InChI=1S/C30H31N3O8S/c1-5-40-30(37)25-21-12-6-17(2)14-24(21)42-28(25)32-26(34)27(35)33-31-16-18-7-13-22(23(15-18)39-4)41-29(36)19-8-10-20(38-3)11-9-19/h7-11,13,15-17H,5-6,12,14H2,1-4H3,(H,32,34)(H,33,35)/b31-16+.